The number of fused-ring (bicyclic) bond motifs is 2. The molecule has 172 valence electrons. The Morgan fingerprint density at radius 3 is 2.38 bits per heavy atom. The van der Waals surface area contributed by atoms with Gasteiger partial charge in [-0.2, -0.15) is 0 Å². The number of rotatable bonds is 7. The van der Waals surface area contributed by atoms with Gasteiger partial charge in [0.25, 0.3) is 0 Å². The molecular formula is C28H29N5O. The van der Waals surface area contributed by atoms with E-state index in [0.717, 1.165) is 60.1 Å². The molecule has 1 saturated heterocycles. The second-order valence-corrected chi connectivity index (χ2v) is 9.15. The van der Waals surface area contributed by atoms with Crippen LogP contribution >= 0.6 is 0 Å². The summed E-state index contributed by atoms with van der Waals surface area (Å²) in [4.78, 5) is 15.6. The van der Waals surface area contributed by atoms with E-state index in [0.29, 0.717) is 12.5 Å². The van der Waals surface area contributed by atoms with E-state index >= 15 is 0 Å². The van der Waals surface area contributed by atoms with Crippen LogP contribution in [-0.2, 0) is 19.7 Å². The second kappa shape index (κ2) is 9.31. The maximum Gasteiger partial charge on any atom is 0.148 e. The SMILES string of the molecule is c1ccc(OCc2nc3ccccc3n2CC2CCN(Cc3nc4ccccc4[nH]3)CC2)cc1. The second-order valence-electron chi connectivity index (χ2n) is 9.15. The molecule has 5 aromatic rings. The monoisotopic (exact) mass is 451 g/mol. The largest absolute Gasteiger partial charge is 0.486 e. The van der Waals surface area contributed by atoms with E-state index in [1.165, 1.54) is 18.4 Å². The van der Waals surface area contributed by atoms with Gasteiger partial charge in [-0.25, -0.2) is 9.97 Å². The smallest absolute Gasteiger partial charge is 0.148 e. The van der Waals surface area contributed by atoms with E-state index in [4.69, 9.17) is 14.7 Å². The number of H-pyrrole nitrogens is 1. The van der Waals surface area contributed by atoms with Crippen LogP contribution < -0.4 is 4.74 Å². The summed E-state index contributed by atoms with van der Waals surface area (Å²) in [6, 6.07) is 26.6. The number of hydrogen-bond donors (Lipinski definition) is 1. The molecule has 2 aromatic heterocycles. The number of nitrogens with zero attached hydrogens (tertiary/aromatic N) is 4. The summed E-state index contributed by atoms with van der Waals surface area (Å²) in [7, 11) is 0. The number of nitrogens with one attached hydrogen (secondary N) is 1. The Kier molecular flexibility index (Phi) is 5.73. The third kappa shape index (κ3) is 4.41. The van der Waals surface area contributed by atoms with E-state index in [2.05, 4.69) is 56.9 Å². The standard InChI is InChI=1S/C28H29N5O/c1-2-8-22(9-3-1)34-20-28-31-25-12-6-7-13-26(25)33(28)18-21-14-16-32(17-15-21)19-27-29-23-10-4-5-11-24(23)30-27/h1-13,21H,14-20H2,(H,29,30). The predicted octanol–water partition coefficient (Wildman–Crippen LogP) is 5.40. The molecular weight excluding hydrogens is 422 g/mol. The van der Waals surface area contributed by atoms with Crippen molar-refractivity contribution in [3.63, 3.8) is 0 Å². The van der Waals surface area contributed by atoms with Gasteiger partial charge in [0.1, 0.15) is 24.0 Å². The number of ether oxygens (including phenoxy) is 1. The van der Waals surface area contributed by atoms with Crippen LogP contribution in [0.3, 0.4) is 0 Å². The Hall–Kier alpha value is -3.64. The molecule has 1 aliphatic heterocycles. The quantitative estimate of drug-likeness (QED) is 0.360. The molecule has 6 nitrogen and oxygen atoms in total. The van der Waals surface area contributed by atoms with Crippen molar-refractivity contribution in [3.05, 3.63) is 90.5 Å². The number of likely N-dealkylation sites (tertiary alicyclic amines) is 1. The van der Waals surface area contributed by atoms with Crippen molar-refractivity contribution >= 4 is 22.1 Å². The van der Waals surface area contributed by atoms with Crippen LogP contribution in [0.15, 0.2) is 78.9 Å². The minimum Gasteiger partial charge on any atom is -0.486 e. The van der Waals surface area contributed by atoms with Crippen molar-refractivity contribution in [2.24, 2.45) is 5.92 Å². The van der Waals surface area contributed by atoms with Crippen molar-refractivity contribution < 1.29 is 4.74 Å². The van der Waals surface area contributed by atoms with Crippen LogP contribution in [0.5, 0.6) is 5.75 Å². The van der Waals surface area contributed by atoms with E-state index in [9.17, 15) is 0 Å². The Morgan fingerprint density at radius 1 is 0.824 bits per heavy atom. The first-order valence-corrected chi connectivity index (χ1v) is 12.1. The predicted molar refractivity (Wildman–Crippen MR) is 135 cm³/mol. The highest BCUT2D eigenvalue weighted by Gasteiger charge is 2.22. The molecule has 34 heavy (non-hydrogen) atoms. The van der Waals surface area contributed by atoms with Crippen molar-refractivity contribution in [1.29, 1.82) is 0 Å². The summed E-state index contributed by atoms with van der Waals surface area (Å²) in [5.74, 6) is 3.55. The van der Waals surface area contributed by atoms with Gasteiger partial charge in [0, 0.05) is 6.54 Å². The average Bonchev–Trinajstić information content (AvgIpc) is 3.45. The third-order valence-corrected chi connectivity index (χ3v) is 6.80. The molecule has 0 unspecified atom stereocenters. The Morgan fingerprint density at radius 2 is 1.56 bits per heavy atom. The van der Waals surface area contributed by atoms with Crippen LogP contribution in [-0.4, -0.2) is 37.5 Å². The molecule has 0 bridgehead atoms. The first-order valence-electron chi connectivity index (χ1n) is 12.1. The van der Waals surface area contributed by atoms with Crippen molar-refractivity contribution in [3.8, 4) is 5.75 Å². The minimum atomic E-state index is 0.476. The van der Waals surface area contributed by atoms with Crippen LogP contribution in [0.4, 0.5) is 0 Å². The fraction of sp³-hybridized carbons (Fsp3) is 0.286. The minimum absolute atomic E-state index is 0.476. The van der Waals surface area contributed by atoms with Crippen molar-refractivity contribution in [2.45, 2.75) is 32.5 Å². The normalized spacial score (nSPS) is 15.3. The van der Waals surface area contributed by atoms with Gasteiger partial charge in [-0.1, -0.05) is 42.5 Å². The molecule has 6 rings (SSSR count). The van der Waals surface area contributed by atoms with Crippen LogP contribution in [0.2, 0.25) is 0 Å². The molecule has 0 aliphatic carbocycles. The molecule has 3 heterocycles. The lowest BCUT2D eigenvalue weighted by Gasteiger charge is -2.31. The molecule has 3 aromatic carbocycles. The summed E-state index contributed by atoms with van der Waals surface area (Å²) in [6.45, 7) is 4.51. The van der Waals surface area contributed by atoms with Gasteiger partial charge in [-0.05, 0) is 68.2 Å². The fourth-order valence-corrected chi connectivity index (χ4v) is 4.98. The molecule has 1 fully saturated rings. The highest BCUT2D eigenvalue weighted by molar-refractivity contribution is 5.76. The highest BCUT2D eigenvalue weighted by Crippen LogP contribution is 2.25. The molecule has 0 amide bonds. The van der Waals surface area contributed by atoms with E-state index in [1.54, 1.807) is 0 Å². The fourth-order valence-electron chi connectivity index (χ4n) is 4.98. The van der Waals surface area contributed by atoms with Gasteiger partial charge in [-0.3, -0.25) is 4.90 Å². The lowest BCUT2D eigenvalue weighted by atomic mass is 9.96. The molecule has 0 radical (unpaired) electrons. The van der Waals surface area contributed by atoms with Gasteiger partial charge in [-0.15, -0.1) is 0 Å². The van der Waals surface area contributed by atoms with Gasteiger partial charge in [0.15, 0.2) is 0 Å². The number of benzene rings is 3. The van der Waals surface area contributed by atoms with Gasteiger partial charge in [0.2, 0.25) is 0 Å². The number of para-hydroxylation sites is 5. The number of hydrogen-bond acceptors (Lipinski definition) is 4. The van der Waals surface area contributed by atoms with E-state index < -0.39 is 0 Å². The van der Waals surface area contributed by atoms with Gasteiger partial charge >= 0.3 is 0 Å². The first-order chi connectivity index (χ1) is 16.8. The third-order valence-electron chi connectivity index (χ3n) is 6.80. The lowest BCUT2D eigenvalue weighted by Crippen LogP contribution is -2.35. The molecule has 0 spiro atoms. The van der Waals surface area contributed by atoms with Gasteiger partial charge < -0.3 is 14.3 Å². The number of imidazole rings is 2. The number of aromatic amines is 1. The number of aromatic nitrogens is 4. The molecule has 1 aliphatic rings. The topological polar surface area (TPSA) is 59.0 Å². The average molecular weight is 452 g/mol. The Balaban J connectivity index is 1.12. The molecule has 0 atom stereocenters. The summed E-state index contributed by atoms with van der Waals surface area (Å²) < 4.78 is 8.43. The summed E-state index contributed by atoms with van der Waals surface area (Å²) in [6.07, 6.45) is 2.34. The maximum atomic E-state index is 6.06. The van der Waals surface area contributed by atoms with Crippen LogP contribution in [0.1, 0.15) is 24.5 Å². The lowest BCUT2D eigenvalue weighted by molar-refractivity contribution is 0.163. The maximum absolute atomic E-state index is 6.06. The Labute approximate surface area is 199 Å². The Bertz CT molecular complexity index is 1350. The van der Waals surface area contributed by atoms with E-state index in [-0.39, 0.29) is 0 Å². The first kappa shape index (κ1) is 20.9. The zero-order valence-electron chi connectivity index (χ0n) is 19.2. The highest BCUT2D eigenvalue weighted by atomic mass is 16.5. The van der Waals surface area contributed by atoms with E-state index in [1.807, 2.05) is 36.4 Å². The van der Waals surface area contributed by atoms with Crippen molar-refractivity contribution in [2.75, 3.05) is 13.1 Å². The van der Waals surface area contributed by atoms with Gasteiger partial charge in [0.05, 0.1) is 28.6 Å². The zero-order valence-corrected chi connectivity index (χ0v) is 19.2. The molecule has 1 N–H and O–H groups in total. The summed E-state index contributed by atoms with van der Waals surface area (Å²) in [5, 5.41) is 0. The summed E-state index contributed by atoms with van der Waals surface area (Å²) in [5.41, 5.74) is 4.39. The molecule has 0 saturated carbocycles. The molecule has 6 heteroatoms. The summed E-state index contributed by atoms with van der Waals surface area (Å²) >= 11 is 0. The van der Waals surface area contributed by atoms with Crippen LogP contribution in [0, 0.1) is 5.92 Å². The van der Waals surface area contributed by atoms with Crippen molar-refractivity contribution in [1.82, 2.24) is 24.4 Å². The van der Waals surface area contributed by atoms with Crippen LogP contribution in [0.25, 0.3) is 22.1 Å². The number of piperidine rings is 1. The zero-order chi connectivity index (χ0) is 22.7.